The maximum atomic E-state index is 12.2. The third-order valence-electron chi connectivity index (χ3n) is 4.59. The van der Waals surface area contributed by atoms with Gasteiger partial charge in [-0.1, -0.05) is 6.07 Å². The van der Waals surface area contributed by atoms with Gasteiger partial charge >= 0.3 is 0 Å². The van der Waals surface area contributed by atoms with E-state index in [-0.39, 0.29) is 5.91 Å². The van der Waals surface area contributed by atoms with E-state index >= 15 is 0 Å². The van der Waals surface area contributed by atoms with Gasteiger partial charge in [-0.05, 0) is 37.8 Å². The van der Waals surface area contributed by atoms with Gasteiger partial charge in [0.25, 0.3) is 0 Å². The zero-order valence-corrected chi connectivity index (χ0v) is 12.0. The maximum Gasteiger partial charge on any atom is 0.226 e. The van der Waals surface area contributed by atoms with E-state index in [1.807, 2.05) is 35.0 Å². The second-order valence-electron chi connectivity index (χ2n) is 6.25. The molecule has 110 valence electrons. The molecule has 5 heteroatoms. The van der Waals surface area contributed by atoms with Gasteiger partial charge in [-0.2, -0.15) is 0 Å². The molecule has 1 amide bonds. The molecule has 0 radical (unpaired) electrons. The summed E-state index contributed by atoms with van der Waals surface area (Å²) < 4.78 is 1.95. The molecule has 2 aliphatic heterocycles. The van der Waals surface area contributed by atoms with Crippen molar-refractivity contribution in [3.63, 3.8) is 0 Å². The number of hydrogen-bond donors (Lipinski definition) is 2. The number of aromatic nitrogens is 2. The Morgan fingerprint density at radius 1 is 1.33 bits per heavy atom. The molecular formula is C16H20N4O. The van der Waals surface area contributed by atoms with Crippen molar-refractivity contribution >= 4 is 11.6 Å². The predicted molar refractivity (Wildman–Crippen MR) is 80.0 cm³/mol. The van der Waals surface area contributed by atoms with Crippen LogP contribution < -0.4 is 10.6 Å². The fraction of sp³-hybridized carbons (Fsp3) is 0.500. The second-order valence-corrected chi connectivity index (χ2v) is 6.25. The molecule has 4 rings (SSSR count). The average molecular weight is 284 g/mol. The van der Waals surface area contributed by atoms with Crippen LogP contribution in [0.15, 0.2) is 30.6 Å². The Morgan fingerprint density at radius 2 is 2.14 bits per heavy atom. The zero-order valence-electron chi connectivity index (χ0n) is 12.0. The molecular weight excluding hydrogens is 264 g/mol. The van der Waals surface area contributed by atoms with E-state index in [9.17, 15) is 4.79 Å². The number of nitrogens with one attached hydrogen (secondary N) is 2. The van der Waals surface area contributed by atoms with Crippen LogP contribution in [-0.2, 0) is 11.2 Å². The van der Waals surface area contributed by atoms with Crippen LogP contribution in [0.3, 0.4) is 0 Å². The number of nitrogens with zero attached hydrogens (tertiary/aromatic N) is 2. The molecule has 2 aromatic rings. The molecule has 2 saturated heterocycles. The van der Waals surface area contributed by atoms with Crippen LogP contribution in [0.25, 0.3) is 5.65 Å². The number of hydrogen-bond acceptors (Lipinski definition) is 3. The first-order valence-corrected chi connectivity index (χ1v) is 7.74. The summed E-state index contributed by atoms with van der Waals surface area (Å²) in [7, 11) is 0. The van der Waals surface area contributed by atoms with Crippen molar-refractivity contribution < 1.29 is 4.79 Å². The van der Waals surface area contributed by atoms with Gasteiger partial charge in [-0.15, -0.1) is 0 Å². The topological polar surface area (TPSA) is 58.4 Å². The van der Waals surface area contributed by atoms with E-state index in [0.717, 1.165) is 24.2 Å². The average Bonchev–Trinajstić information content (AvgIpc) is 3.01. The van der Waals surface area contributed by atoms with Crippen LogP contribution >= 0.6 is 0 Å². The lowest BCUT2D eigenvalue weighted by atomic mass is 9.99. The monoisotopic (exact) mass is 284 g/mol. The Balaban J connectivity index is 1.39. The smallest absolute Gasteiger partial charge is 0.226 e. The first kappa shape index (κ1) is 12.8. The van der Waals surface area contributed by atoms with Gasteiger partial charge in [0.15, 0.2) is 0 Å². The molecule has 0 spiro atoms. The summed E-state index contributed by atoms with van der Waals surface area (Å²) >= 11 is 0. The number of piperidine rings is 1. The third-order valence-corrected chi connectivity index (χ3v) is 4.59. The Kier molecular flexibility index (Phi) is 3.15. The van der Waals surface area contributed by atoms with Crippen molar-refractivity contribution in [2.75, 3.05) is 0 Å². The Hall–Kier alpha value is -1.88. The summed E-state index contributed by atoms with van der Waals surface area (Å²) in [5.41, 5.74) is 1.72. The SMILES string of the molecule is O=C(Cc1cn2ccccc2n1)NC1CC2CCC(C1)N2. The molecule has 0 aliphatic carbocycles. The summed E-state index contributed by atoms with van der Waals surface area (Å²) in [6.45, 7) is 0. The van der Waals surface area contributed by atoms with E-state index in [1.54, 1.807) is 0 Å². The molecule has 5 nitrogen and oxygen atoms in total. The van der Waals surface area contributed by atoms with Crippen LogP contribution in [0.5, 0.6) is 0 Å². The summed E-state index contributed by atoms with van der Waals surface area (Å²) in [5, 5.41) is 6.78. The molecule has 0 saturated carbocycles. The van der Waals surface area contributed by atoms with E-state index in [4.69, 9.17) is 0 Å². The number of carbonyl (C=O) groups excluding carboxylic acids is 1. The minimum Gasteiger partial charge on any atom is -0.353 e. The number of amides is 1. The van der Waals surface area contributed by atoms with Crippen molar-refractivity contribution in [1.82, 2.24) is 20.0 Å². The van der Waals surface area contributed by atoms with Crippen LogP contribution in [0.4, 0.5) is 0 Å². The van der Waals surface area contributed by atoms with Crippen molar-refractivity contribution in [3.8, 4) is 0 Å². The van der Waals surface area contributed by atoms with E-state index < -0.39 is 0 Å². The summed E-state index contributed by atoms with van der Waals surface area (Å²) in [6, 6.07) is 7.40. The maximum absolute atomic E-state index is 12.2. The minimum absolute atomic E-state index is 0.0877. The molecule has 2 atom stereocenters. The van der Waals surface area contributed by atoms with E-state index in [1.165, 1.54) is 12.8 Å². The van der Waals surface area contributed by atoms with Gasteiger partial charge in [-0.25, -0.2) is 4.98 Å². The second kappa shape index (κ2) is 5.15. The highest BCUT2D eigenvalue weighted by molar-refractivity contribution is 5.78. The molecule has 2 aliphatic rings. The van der Waals surface area contributed by atoms with Gasteiger partial charge < -0.3 is 15.0 Å². The lowest BCUT2D eigenvalue weighted by Gasteiger charge is -2.29. The molecule has 4 heterocycles. The van der Waals surface area contributed by atoms with Crippen molar-refractivity contribution in [2.24, 2.45) is 0 Å². The largest absolute Gasteiger partial charge is 0.353 e. The van der Waals surface area contributed by atoms with E-state index in [2.05, 4.69) is 15.6 Å². The fourth-order valence-corrected chi connectivity index (χ4v) is 3.69. The minimum atomic E-state index is 0.0877. The van der Waals surface area contributed by atoms with Crippen LogP contribution in [0.2, 0.25) is 0 Å². The molecule has 2 N–H and O–H groups in total. The summed E-state index contributed by atoms with van der Waals surface area (Å²) in [4.78, 5) is 16.7. The summed E-state index contributed by atoms with van der Waals surface area (Å²) in [5.74, 6) is 0.0877. The lowest BCUT2D eigenvalue weighted by molar-refractivity contribution is -0.121. The summed E-state index contributed by atoms with van der Waals surface area (Å²) in [6.07, 6.45) is 8.88. The quantitative estimate of drug-likeness (QED) is 0.892. The highest BCUT2D eigenvalue weighted by Gasteiger charge is 2.33. The standard InChI is InChI=1S/C16H20N4O/c21-16(19-13-7-11-4-5-12(8-13)17-11)9-14-10-20-6-2-1-3-15(20)18-14/h1-3,6,10-13,17H,4-5,7-9H2,(H,19,21). The Morgan fingerprint density at radius 3 is 2.90 bits per heavy atom. The third kappa shape index (κ3) is 2.65. The zero-order chi connectivity index (χ0) is 14.2. The highest BCUT2D eigenvalue weighted by atomic mass is 16.1. The van der Waals surface area contributed by atoms with Gasteiger partial charge in [0.2, 0.25) is 5.91 Å². The van der Waals surface area contributed by atoms with Crippen molar-refractivity contribution in [1.29, 1.82) is 0 Å². The highest BCUT2D eigenvalue weighted by Crippen LogP contribution is 2.26. The molecule has 2 fully saturated rings. The number of carbonyl (C=O) groups is 1. The predicted octanol–water partition coefficient (Wildman–Crippen LogP) is 1.28. The first-order valence-electron chi connectivity index (χ1n) is 7.74. The molecule has 2 unspecified atom stereocenters. The lowest BCUT2D eigenvalue weighted by Crippen LogP contribution is -2.48. The Labute approximate surface area is 123 Å². The number of imidazole rings is 1. The number of rotatable bonds is 3. The van der Waals surface area contributed by atoms with Gasteiger partial charge in [0.1, 0.15) is 5.65 Å². The van der Waals surface area contributed by atoms with E-state index in [0.29, 0.717) is 24.5 Å². The molecule has 0 aromatic carbocycles. The normalized spacial score (nSPS) is 27.9. The van der Waals surface area contributed by atoms with Gasteiger partial charge in [-0.3, -0.25) is 4.79 Å². The van der Waals surface area contributed by atoms with Crippen LogP contribution in [0, 0.1) is 0 Å². The number of pyridine rings is 1. The fourth-order valence-electron chi connectivity index (χ4n) is 3.69. The molecule has 21 heavy (non-hydrogen) atoms. The van der Waals surface area contributed by atoms with Gasteiger partial charge in [0, 0.05) is 30.5 Å². The Bertz CT molecular complexity index is 620. The molecule has 2 bridgehead atoms. The van der Waals surface area contributed by atoms with Crippen LogP contribution in [0.1, 0.15) is 31.4 Å². The van der Waals surface area contributed by atoms with Crippen molar-refractivity contribution in [3.05, 3.63) is 36.3 Å². The van der Waals surface area contributed by atoms with Gasteiger partial charge in [0.05, 0.1) is 12.1 Å². The van der Waals surface area contributed by atoms with Crippen LogP contribution in [-0.4, -0.2) is 33.4 Å². The van der Waals surface area contributed by atoms with Crippen molar-refractivity contribution in [2.45, 2.75) is 50.2 Å². The number of fused-ring (bicyclic) bond motifs is 3. The molecule has 2 aromatic heterocycles. The first-order chi connectivity index (χ1) is 10.3.